The zero-order chi connectivity index (χ0) is 12.0. The molecule has 0 amide bonds. The summed E-state index contributed by atoms with van der Waals surface area (Å²) in [7, 11) is 0. The molecule has 2 rings (SSSR count). The maximum absolute atomic E-state index is 11.1. The molecule has 4 nitrogen and oxygen atoms in total. The Morgan fingerprint density at radius 1 is 1.44 bits per heavy atom. The van der Waals surface area contributed by atoms with Gasteiger partial charge in [-0.05, 0) is 25.5 Å². The number of fused-ring (bicyclic) bond motifs is 1. The van der Waals surface area contributed by atoms with Crippen LogP contribution in [0.25, 0.3) is 11.0 Å². The molecule has 0 bridgehead atoms. The Morgan fingerprint density at radius 2 is 2.06 bits per heavy atom. The van der Waals surface area contributed by atoms with Gasteiger partial charge < -0.3 is 5.11 Å². The van der Waals surface area contributed by atoms with Gasteiger partial charge in [0.2, 0.25) is 0 Å². The van der Waals surface area contributed by atoms with Crippen molar-refractivity contribution in [3.63, 3.8) is 0 Å². The zero-order valence-corrected chi connectivity index (χ0v) is 10.1. The van der Waals surface area contributed by atoms with Gasteiger partial charge in [-0.1, -0.05) is 23.2 Å². The van der Waals surface area contributed by atoms with E-state index in [1.54, 1.807) is 13.8 Å². The standard InChI is InChI=1S/C10H8Cl2N2O2/c1-4-5(2)14(10(15)16)9-8(4)6(11)3-7(12)13-9/h3H,1-2H3,(H,15,16). The number of nitrogens with zero attached hydrogens (tertiary/aromatic N) is 2. The van der Waals surface area contributed by atoms with E-state index >= 15 is 0 Å². The van der Waals surface area contributed by atoms with Gasteiger partial charge in [0.1, 0.15) is 5.15 Å². The van der Waals surface area contributed by atoms with Crippen molar-refractivity contribution in [3.05, 3.63) is 27.5 Å². The highest BCUT2D eigenvalue weighted by Crippen LogP contribution is 2.31. The highest BCUT2D eigenvalue weighted by atomic mass is 35.5. The molecular formula is C10H8Cl2N2O2. The number of hydrogen-bond acceptors (Lipinski definition) is 2. The lowest BCUT2D eigenvalue weighted by atomic mass is 10.2. The molecule has 2 aromatic rings. The Hall–Kier alpha value is -1.26. The summed E-state index contributed by atoms with van der Waals surface area (Å²) in [6.45, 7) is 3.51. The molecule has 0 aromatic carbocycles. The monoisotopic (exact) mass is 258 g/mol. The van der Waals surface area contributed by atoms with E-state index in [-0.39, 0.29) is 10.8 Å². The fourth-order valence-electron chi connectivity index (χ4n) is 1.72. The zero-order valence-electron chi connectivity index (χ0n) is 8.58. The van der Waals surface area contributed by atoms with E-state index in [9.17, 15) is 4.79 Å². The average molecular weight is 259 g/mol. The van der Waals surface area contributed by atoms with Gasteiger partial charge in [0.05, 0.1) is 5.02 Å². The van der Waals surface area contributed by atoms with Gasteiger partial charge in [0, 0.05) is 11.1 Å². The van der Waals surface area contributed by atoms with E-state index < -0.39 is 6.09 Å². The molecule has 0 fully saturated rings. The fraction of sp³-hybridized carbons (Fsp3) is 0.200. The van der Waals surface area contributed by atoms with E-state index in [2.05, 4.69) is 4.98 Å². The molecule has 0 saturated carbocycles. The first-order chi connectivity index (χ1) is 7.43. The number of hydrogen-bond donors (Lipinski definition) is 1. The van der Waals surface area contributed by atoms with Crippen LogP contribution in [0.2, 0.25) is 10.2 Å². The van der Waals surface area contributed by atoms with Crippen LogP contribution in [-0.4, -0.2) is 20.8 Å². The second-order valence-electron chi connectivity index (χ2n) is 3.45. The number of aryl methyl sites for hydroxylation is 1. The summed E-state index contributed by atoms with van der Waals surface area (Å²) < 4.78 is 1.09. The Balaban J connectivity index is 3.02. The van der Waals surface area contributed by atoms with Crippen LogP contribution in [0.15, 0.2) is 6.07 Å². The van der Waals surface area contributed by atoms with Crippen molar-refractivity contribution in [1.82, 2.24) is 9.55 Å². The minimum atomic E-state index is -1.10. The first kappa shape index (κ1) is 11.2. The van der Waals surface area contributed by atoms with Crippen LogP contribution in [0.4, 0.5) is 4.79 Å². The third-order valence-corrected chi connectivity index (χ3v) is 3.07. The van der Waals surface area contributed by atoms with E-state index in [0.717, 1.165) is 10.1 Å². The molecule has 0 aliphatic carbocycles. The second-order valence-corrected chi connectivity index (χ2v) is 4.25. The number of halogens is 2. The van der Waals surface area contributed by atoms with Crippen molar-refractivity contribution < 1.29 is 9.90 Å². The highest BCUT2D eigenvalue weighted by molar-refractivity contribution is 6.38. The van der Waals surface area contributed by atoms with Crippen molar-refractivity contribution in [2.24, 2.45) is 0 Å². The van der Waals surface area contributed by atoms with Gasteiger partial charge in [-0.3, -0.25) is 0 Å². The summed E-state index contributed by atoms with van der Waals surface area (Å²) in [4.78, 5) is 15.1. The number of rotatable bonds is 0. The molecule has 1 N–H and O–H groups in total. The molecular weight excluding hydrogens is 251 g/mol. The molecule has 2 heterocycles. The van der Waals surface area contributed by atoms with Crippen LogP contribution in [0.5, 0.6) is 0 Å². The van der Waals surface area contributed by atoms with Crippen molar-refractivity contribution in [2.75, 3.05) is 0 Å². The Labute approximate surface area is 101 Å². The third kappa shape index (κ3) is 1.45. The molecule has 0 aliphatic heterocycles. The van der Waals surface area contributed by atoms with Crippen molar-refractivity contribution in [2.45, 2.75) is 13.8 Å². The van der Waals surface area contributed by atoms with Crippen LogP contribution >= 0.6 is 23.2 Å². The number of pyridine rings is 1. The molecule has 84 valence electrons. The quantitative estimate of drug-likeness (QED) is 0.737. The lowest BCUT2D eigenvalue weighted by Crippen LogP contribution is -2.10. The molecule has 0 atom stereocenters. The van der Waals surface area contributed by atoms with Gasteiger partial charge in [-0.2, -0.15) is 0 Å². The Morgan fingerprint density at radius 3 is 2.62 bits per heavy atom. The van der Waals surface area contributed by atoms with Gasteiger partial charge in [-0.25, -0.2) is 14.3 Å². The van der Waals surface area contributed by atoms with Crippen LogP contribution < -0.4 is 0 Å². The predicted molar refractivity (Wildman–Crippen MR) is 62.6 cm³/mol. The van der Waals surface area contributed by atoms with Crippen molar-refractivity contribution in [1.29, 1.82) is 0 Å². The molecule has 16 heavy (non-hydrogen) atoms. The van der Waals surface area contributed by atoms with E-state index in [0.29, 0.717) is 16.1 Å². The molecule has 2 aromatic heterocycles. The van der Waals surface area contributed by atoms with Crippen molar-refractivity contribution >= 4 is 40.3 Å². The first-order valence-corrected chi connectivity index (χ1v) is 5.26. The van der Waals surface area contributed by atoms with Gasteiger partial charge >= 0.3 is 6.09 Å². The van der Waals surface area contributed by atoms with Crippen LogP contribution in [0.3, 0.4) is 0 Å². The second kappa shape index (κ2) is 3.64. The van der Waals surface area contributed by atoms with Crippen LogP contribution in [-0.2, 0) is 0 Å². The smallest absolute Gasteiger partial charge is 0.417 e. The molecule has 6 heteroatoms. The van der Waals surface area contributed by atoms with Crippen LogP contribution in [0, 0.1) is 13.8 Å². The first-order valence-electron chi connectivity index (χ1n) is 4.50. The maximum atomic E-state index is 11.1. The van der Waals surface area contributed by atoms with Gasteiger partial charge in [0.25, 0.3) is 0 Å². The summed E-state index contributed by atoms with van der Waals surface area (Å²) in [5.41, 5.74) is 1.67. The lowest BCUT2D eigenvalue weighted by molar-refractivity contribution is 0.197. The summed E-state index contributed by atoms with van der Waals surface area (Å²) in [6, 6.07) is 1.50. The predicted octanol–water partition coefficient (Wildman–Crippen LogP) is 3.49. The van der Waals surface area contributed by atoms with E-state index in [1.165, 1.54) is 6.07 Å². The molecule has 0 radical (unpaired) electrons. The lowest BCUT2D eigenvalue weighted by Gasteiger charge is -2.00. The average Bonchev–Trinajstić information content (AvgIpc) is 2.38. The summed E-state index contributed by atoms with van der Waals surface area (Å²) >= 11 is 11.8. The normalized spacial score (nSPS) is 11.0. The molecule has 0 saturated heterocycles. The number of carboxylic acid groups (broad SMARTS) is 1. The minimum absolute atomic E-state index is 0.178. The topological polar surface area (TPSA) is 55.1 Å². The summed E-state index contributed by atoms with van der Waals surface area (Å²) in [5.74, 6) is 0. The third-order valence-electron chi connectivity index (χ3n) is 2.58. The largest absolute Gasteiger partial charge is 0.464 e. The van der Waals surface area contributed by atoms with Crippen molar-refractivity contribution in [3.8, 4) is 0 Å². The molecule has 0 unspecified atom stereocenters. The molecule has 0 spiro atoms. The fourth-order valence-corrected chi connectivity index (χ4v) is 2.30. The summed E-state index contributed by atoms with van der Waals surface area (Å²) in [5, 5.41) is 10.3. The van der Waals surface area contributed by atoms with E-state index in [1.807, 2.05) is 0 Å². The number of carbonyl (C=O) groups is 1. The Kier molecular flexibility index (Phi) is 2.56. The van der Waals surface area contributed by atoms with Gasteiger partial charge in [0.15, 0.2) is 5.65 Å². The highest BCUT2D eigenvalue weighted by Gasteiger charge is 2.19. The molecule has 0 aliphatic rings. The Bertz CT molecular complexity index is 605. The maximum Gasteiger partial charge on any atom is 0.417 e. The minimum Gasteiger partial charge on any atom is -0.464 e. The number of aromatic nitrogens is 2. The van der Waals surface area contributed by atoms with E-state index in [4.69, 9.17) is 28.3 Å². The summed E-state index contributed by atoms with van der Waals surface area (Å²) in [6.07, 6.45) is -1.10. The SMILES string of the molecule is Cc1c(C)n(C(=O)O)c2nc(Cl)cc(Cl)c12. The van der Waals surface area contributed by atoms with Crippen LogP contribution in [0.1, 0.15) is 11.3 Å². The van der Waals surface area contributed by atoms with Gasteiger partial charge in [-0.15, -0.1) is 0 Å².